The molecule has 1 aromatic heterocycles. The number of aryl methyl sites for hydroxylation is 1. The maximum absolute atomic E-state index is 12.6. The third-order valence-corrected chi connectivity index (χ3v) is 8.68. The van der Waals surface area contributed by atoms with Gasteiger partial charge in [-0.1, -0.05) is 36.0 Å². The average molecular weight is 537 g/mol. The molecule has 1 amide bonds. The van der Waals surface area contributed by atoms with Gasteiger partial charge < -0.3 is 19.7 Å². The quantitative estimate of drug-likeness (QED) is 0.355. The van der Waals surface area contributed by atoms with E-state index in [1.807, 2.05) is 36.4 Å². The van der Waals surface area contributed by atoms with Crippen molar-refractivity contribution in [2.24, 2.45) is 0 Å². The number of thiophene rings is 1. The lowest BCUT2D eigenvalue weighted by Gasteiger charge is -2.32. The number of para-hydroxylation sites is 2. The van der Waals surface area contributed by atoms with Crippen LogP contribution >= 0.6 is 23.1 Å². The van der Waals surface area contributed by atoms with Crippen molar-refractivity contribution in [3.63, 3.8) is 0 Å². The number of carbonyl (C=O) groups is 3. The Labute approximate surface area is 224 Å². The SMILES string of the molecule is CCOC(=O)c1c(NC(=O)COC(=O)CCN2c3ccccc3Sc3ccccc32)sc2c1CCCC2. The summed E-state index contributed by atoms with van der Waals surface area (Å²) in [6.45, 7) is 2.04. The first kappa shape index (κ1) is 25.4. The third-order valence-electron chi connectivity index (χ3n) is 6.34. The van der Waals surface area contributed by atoms with Gasteiger partial charge in [0.05, 0.1) is 30.0 Å². The molecule has 3 aromatic rings. The summed E-state index contributed by atoms with van der Waals surface area (Å²) in [6, 6.07) is 16.2. The van der Waals surface area contributed by atoms with Gasteiger partial charge in [-0.25, -0.2) is 4.79 Å². The molecule has 0 saturated carbocycles. The van der Waals surface area contributed by atoms with Crippen molar-refractivity contribution in [1.29, 1.82) is 0 Å². The molecule has 37 heavy (non-hydrogen) atoms. The minimum Gasteiger partial charge on any atom is -0.462 e. The van der Waals surface area contributed by atoms with E-state index in [4.69, 9.17) is 9.47 Å². The van der Waals surface area contributed by atoms with Gasteiger partial charge in [0.2, 0.25) is 0 Å². The van der Waals surface area contributed by atoms with Gasteiger partial charge in [-0.2, -0.15) is 0 Å². The van der Waals surface area contributed by atoms with Gasteiger partial charge >= 0.3 is 11.9 Å². The van der Waals surface area contributed by atoms with Crippen molar-refractivity contribution in [2.75, 3.05) is 30.0 Å². The van der Waals surface area contributed by atoms with Crippen LogP contribution in [-0.4, -0.2) is 37.6 Å². The zero-order chi connectivity index (χ0) is 25.8. The molecule has 5 rings (SSSR count). The van der Waals surface area contributed by atoms with Crippen LogP contribution in [0.3, 0.4) is 0 Å². The Kier molecular flexibility index (Phi) is 7.81. The van der Waals surface area contributed by atoms with Crippen molar-refractivity contribution >= 4 is 57.3 Å². The Morgan fingerprint density at radius 3 is 2.32 bits per heavy atom. The number of esters is 2. The van der Waals surface area contributed by atoms with Crippen LogP contribution < -0.4 is 10.2 Å². The van der Waals surface area contributed by atoms with Crippen LogP contribution in [0.4, 0.5) is 16.4 Å². The second-order valence-electron chi connectivity index (χ2n) is 8.78. The van der Waals surface area contributed by atoms with Crippen molar-refractivity contribution in [2.45, 2.75) is 48.8 Å². The number of anilines is 3. The summed E-state index contributed by atoms with van der Waals surface area (Å²) in [6.07, 6.45) is 3.88. The van der Waals surface area contributed by atoms with Gasteiger partial charge in [-0.05, 0) is 62.4 Å². The number of carbonyl (C=O) groups excluding carboxylic acids is 3. The first-order valence-corrected chi connectivity index (χ1v) is 14.1. The summed E-state index contributed by atoms with van der Waals surface area (Å²) in [4.78, 5) is 43.3. The number of rotatable bonds is 8. The molecule has 0 radical (unpaired) electrons. The fraction of sp³-hybridized carbons (Fsp3) is 0.321. The van der Waals surface area contributed by atoms with Gasteiger partial charge in [0.1, 0.15) is 5.00 Å². The van der Waals surface area contributed by atoms with E-state index in [0.29, 0.717) is 17.1 Å². The van der Waals surface area contributed by atoms with Gasteiger partial charge in [-0.3, -0.25) is 9.59 Å². The van der Waals surface area contributed by atoms with Crippen molar-refractivity contribution < 1.29 is 23.9 Å². The molecule has 192 valence electrons. The van der Waals surface area contributed by atoms with Crippen LogP contribution in [0, 0.1) is 0 Å². The average Bonchev–Trinajstić information content (AvgIpc) is 3.27. The first-order chi connectivity index (χ1) is 18.0. The van der Waals surface area contributed by atoms with Gasteiger partial charge in [-0.15, -0.1) is 11.3 Å². The lowest BCUT2D eigenvalue weighted by Crippen LogP contribution is -2.26. The summed E-state index contributed by atoms with van der Waals surface area (Å²) in [5.74, 6) is -1.35. The van der Waals surface area contributed by atoms with Gasteiger partial charge in [0.15, 0.2) is 6.61 Å². The number of amides is 1. The predicted octanol–water partition coefficient (Wildman–Crippen LogP) is 5.98. The monoisotopic (exact) mass is 536 g/mol. The third kappa shape index (κ3) is 5.52. The van der Waals surface area contributed by atoms with E-state index in [1.54, 1.807) is 18.7 Å². The molecule has 9 heteroatoms. The normalized spacial score (nSPS) is 13.7. The zero-order valence-electron chi connectivity index (χ0n) is 20.6. The minimum atomic E-state index is -0.470. The van der Waals surface area contributed by atoms with Crippen LogP contribution in [0.25, 0.3) is 0 Å². The molecule has 0 spiro atoms. The van der Waals surface area contributed by atoms with Crippen molar-refractivity contribution in [1.82, 2.24) is 0 Å². The highest BCUT2D eigenvalue weighted by Crippen LogP contribution is 2.47. The second-order valence-corrected chi connectivity index (χ2v) is 11.0. The van der Waals surface area contributed by atoms with Crippen LogP contribution in [0.2, 0.25) is 0 Å². The number of nitrogens with one attached hydrogen (secondary N) is 1. The number of hydrogen-bond acceptors (Lipinski definition) is 8. The highest BCUT2D eigenvalue weighted by molar-refractivity contribution is 7.99. The van der Waals surface area contributed by atoms with E-state index < -0.39 is 24.5 Å². The maximum atomic E-state index is 12.6. The molecule has 7 nitrogen and oxygen atoms in total. The zero-order valence-corrected chi connectivity index (χ0v) is 22.2. The molecule has 0 bridgehead atoms. The van der Waals surface area contributed by atoms with Crippen LogP contribution in [-0.2, 0) is 31.9 Å². The Bertz CT molecular complexity index is 1290. The van der Waals surface area contributed by atoms with E-state index in [9.17, 15) is 14.4 Å². The summed E-state index contributed by atoms with van der Waals surface area (Å²) in [5.41, 5.74) is 3.51. The number of benzene rings is 2. The summed E-state index contributed by atoms with van der Waals surface area (Å²) in [5, 5.41) is 3.26. The van der Waals surface area contributed by atoms with E-state index in [0.717, 1.165) is 57.3 Å². The largest absolute Gasteiger partial charge is 0.462 e. The first-order valence-electron chi connectivity index (χ1n) is 12.5. The summed E-state index contributed by atoms with van der Waals surface area (Å²) < 4.78 is 10.5. The highest BCUT2D eigenvalue weighted by Gasteiger charge is 2.28. The van der Waals surface area contributed by atoms with Crippen molar-refractivity contribution in [3.05, 3.63) is 64.5 Å². The number of nitrogens with zero attached hydrogens (tertiary/aromatic N) is 1. The Balaban J connectivity index is 1.20. The van der Waals surface area contributed by atoms with Crippen molar-refractivity contribution in [3.8, 4) is 0 Å². The number of fused-ring (bicyclic) bond motifs is 3. The fourth-order valence-electron chi connectivity index (χ4n) is 4.68. The second kappa shape index (κ2) is 11.4. The molecule has 2 aliphatic rings. The van der Waals surface area contributed by atoms with Gasteiger partial charge in [0, 0.05) is 21.2 Å². The minimum absolute atomic E-state index is 0.127. The molecule has 1 aliphatic heterocycles. The Morgan fingerprint density at radius 2 is 1.62 bits per heavy atom. The standard InChI is InChI=1S/C28H28N2O5S2/c1-2-34-28(33)26-18-9-3-6-12-21(18)37-27(26)29-24(31)17-35-25(32)15-16-30-19-10-4-7-13-22(19)36-23-14-8-5-11-20(23)30/h4-5,7-8,10-11,13-14H,2-3,6,9,12,15-17H2,1H3,(H,29,31). The Hall–Kier alpha value is -3.30. The molecule has 2 aromatic carbocycles. The molecule has 0 atom stereocenters. The molecule has 1 aliphatic carbocycles. The number of ether oxygens (including phenoxy) is 2. The molecule has 0 fully saturated rings. The molecule has 0 saturated heterocycles. The van der Waals surface area contributed by atoms with Gasteiger partial charge in [0.25, 0.3) is 5.91 Å². The number of hydrogen-bond donors (Lipinski definition) is 1. The Morgan fingerprint density at radius 1 is 0.946 bits per heavy atom. The lowest BCUT2D eigenvalue weighted by molar-refractivity contribution is -0.147. The molecule has 1 N–H and O–H groups in total. The van der Waals surface area contributed by atoms with E-state index in [1.165, 1.54) is 11.3 Å². The predicted molar refractivity (Wildman–Crippen MR) is 145 cm³/mol. The van der Waals surface area contributed by atoms with Crippen LogP contribution in [0.1, 0.15) is 47.0 Å². The fourth-order valence-corrected chi connectivity index (χ4v) is 7.07. The van der Waals surface area contributed by atoms with E-state index in [2.05, 4.69) is 22.3 Å². The van der Waals surface area contributed by atoms with Crippen LogP contribution in [0.15, 0.2) is 58.3 Å². The van der Waals surface area contributed by atoms with E-state index >= 15 is 0 Å². The summed E-state index contributed by atoms with van der Waals surface area (Å²) in [7, 11) is 0. The maximum Gasteiger partial charge on any atom is 0.341 e. The van der Waals surface area contributed by atoms with E-state index in [-0.39, 0.29) is 13.0 Å². The highest BCUT2D eigenvalue weighted by atomic mass is 32.2. The molecule has 2 heterocycles. The smallest absolute Gasteiger partial charge is 0.341 e. The van der Waals surface area contributed by atoms with Crippen LogP contribution in [0.5, 0.6) is 0 Å². The molecule has 0 unspecified atom stereocenters. The molecular weight excluding hydrogens is 508 g/mol. The molecular formula is C28H28N2O5S2. The lowest BCUT2D eigenvalue weighted by atomic mass is 9.95. The summed E-state index contributed by atoms with van der Waals surface area (Å²) >= 11 is 3.12. The topological polar surface area (TPSA) is 84.9 Å².